The van der Waals surface area contributed by atoms with E-state index in [1.165, 1.54) is 18.3 Å². The zero-order valence-electron chi connectivity index (χ0n) is 16.0. The largest absolute Gasteiger partial charge is 0.416 e. The van der Waals surface area contributed by atoms with Crippen LogP contribution in [0.1, 0.15) is 34.3 Å². The summed E-state index contributed by atoms with van der Waals surface area (Å²) in [6, 6.07) is 8.24. The van der Waals surface area contributed by atoms with Gasteiger partial charge < -0.3 is 15.2 Å². The van der Waals surface area contributed by atoms with Crippen LogP contribution in [0.15, 0.2) is 47.4 Å². The molecule has 2 heterocycles. The number of likely N-dealkylation sites (tertiary alicyclic amines) is 1. The van der Waals surface area contributed by atoms with Gasteiger partial charge in [-0.2, -0.15) is 13.2 Å². The number of alkyl halides is 3. The lowest BCUT2D eigenvalue weighted by atomic mass is 9.90. The average Bonchev–Trinajstić information content (AvgIpc) is 2.69. The maximum atomic E-state index is 12.6. The number of nitrogens with zero attached hydrogens (tertiary/aromatic N) is 1. The number of piperidine rings is 1. The van der Waals surface area contributed by atoms with Crippen LogP contribution in [0.3, 0.4) is 0 Å². The van der Waals surface area contributed by atoms with Gasteiger partial charge in [0.2, 0.25) is 5.56 Å². The maximum Gasteiger partial charge on any atom is 0.416 e. The molecule has 0 aliphatic carbocycles. The van der Waals surface area contributed by atoms with E-state index in [1.807, 2.05) is 0 Å². The van der Waals surface area contributed by atoms with Crippen molar-refractivity contribution in [1.82, 2.24) is 15.2 Å². The third-order valence-corrected chi connectivity index (χ3v) is 5.27. The van der Waals surface area contributed by atoms with Gasteiger partial charge in [0.1, 0.15) is 0 Å². The third-order valence-electron chi connectivity index (χ3n) is 5.27. The average molecular weight is 407 g/mol. The van der Waals surface area contributed by atoms with Crippen LogP contribution in [0.25, 0.3) is 0 Å². The first-order valence-corrected chi connectivity index (χ1v) is 9.67. The van der Waals surface area contributed by atoms with Crippen LogP contribution in [-0.4, -0.2) is 42.0 Å². The van der Waals surface area contributed by atoms with Crippen LogP contribution in [0.2, 0.25) is 0 Å². The smallest absolute Gasteiger partial charge is 0.351 e. The number of aromatic amines is 1. The lowest BCUT2D eigenvalue weighted by molar-refractivity contribution is -0.137. The van der Waals surface area contributed by atoms with E-state index in [0.29, 0.717) is 18.0 Å². The molecule has 0 radical (unpaired) electrons. The van der Waals surface area contributed by atoms with Crippen LogP contribution in [-0.2, 0) is 12.6 Å². The zero-order valence-corrected chi connectivity index (χ0v) is 16.0. The first-order valence-electron chi connectivity index (χ1n) is 9.67. The molecule has 1 amide bonds. The van der Waals surface area contributed by atoms with Gasteiger partial charge in [-0.05, 0) is 62.0 Å². The first-order chi connectivity index (χ1) is 13.8. The maximum absolute atomic E-state index is 12.6. The summed E-state index contributed by atoms with van der Waals surface area (Å²) in [6.07, 6.45) is -0.153. The fraction of sp³-hybridized carbons (Fsp3) is 0.429. The van der Waals surface area contributed by atoms with Gasteiger partial charge in [-0.15, -0.1) is 0 Å². The number of carbonyl (C=O) groups is 1. The molecular weight excluding hydrogens is 383 g/mol. The minimum absolute atomic E-state index is 0.224. The molecule has 2 N–H and O–H groups in total. The van der Waals surface area contributed by atoms with Gasteiger partial charge in [0.25, 0.3) is 5.91 Å². The third kappa shape index (κ3) is 6.19. The van der Waals surface area contributed by atoms with Gasteiger partial charge in [0.15, 0.2) is 0 Å². The molecule has 3 rings (SSSR count). The lowest BCUT2D eigenvalue weighted by Gasteiger charge is -2.32. The number of pyridine rings is 1. The SMILES string of the molecule is O=C(NCCN1CCC(Cc2ccc(C(F)(F)F)cc2)CC1)c1ccc(=O)[nH]c1. The standard InChI is InChI=1S/C21H24F3N3O2/c22-21(23,24)18-4-1-15(2-5-18)13-16-7-10-27(11-8-16)12-9-25-20(29)17-3-6-19(28)26-14-17/h1-6,14,16H,7-13H2,(H,25,29)(H,26,28). The Morgan fingerprint density at radius 1 is 1.10 bits per heavy atom. The van der Waals surface area contributed by atoms with Crippen LogP contribution in [0.4, 0.5) is 13.2 Å². The van der Waals surface area contributed by atoms with E-state index in [9.17, 15) is 22.8 Å². The quantitative estimate of drug-likeness (QED) is 0.774. The summed E-state index contributed by atoms with van der Waals surface area (Å²) in [4.78, 5) is 27.8. The molecule has 1 saturated heterocycles. The summed E-state index contributed by atoms with van der Waals surface area (Å²) in [5, 5.41) is 2.84. The van der Waals surface area contributed by atoms with Crippen molar-refractivity contribution in [3.8, 4) is 0 Å². The fourth-order valence-electron chi connectivity index (χ4n) is 3.56. The summed E-state index contributed by atoms with van der Waals surface area (Å²) in [5.41, 5.74) is 0.491. The Morgan fingerprint density at radius 3 is 2.38 bits per heavy atom. The van der Waals surface area contributed by atoms with Gasteiger partial charge in [-0.25, -0.2) is 0 Å². The molecule has 1 fully saturated rings. The van der Waals surface area contributed by atoms with E-state index in [-0.39, 0.29) is 11.5 Å². The van der Waals surface area contributed by atoms with Gasteiger partial charge in [-0.1, -0.05) is 12.1 Å². The monoisotopic (exact) mass is 407 g/mol. The minimum Gasteiger partial charge on any atom is -0.351 e. The van der Waals surface area contributed by atoms with Crippen LogP contribution in [0, 0.1) is 5.92 Å². The summed E-state index contributed by atoms with van der Waals surface area (Å²) < 4.78 is 37.9. The fourth-order valence-corrected chi connectivity index (χ4v) is 3.56. The Bertz CT molecular complexity index is 849. The Balaban J connectivity index is 1.37. The normalized spacial score (nSPS) is 16.0. The molecule has 0 unspecified atom stereocenters. The van der Waals surface area contributed by atoms with E-state index >= 15 is 0 Å². The summed E-state index contributed by atoms with van der Waals surface area (Å²) in [6.45, 7) is 3.06. The van der Waals surface area contributed by atoms with Crippen LogP contribution in [0.5, 0.6) is 0 Å². The second-order valence-corrected chi connectivity index (χ2v) is 7.38. The number of amides is 1. The number of halogens is 3. The second kappa shape index (κ2) is 9.26. The molecule has 1 aromatic carbocycles. The number of hydrogen-bond donors (Lipinski definition) is 2. The van der Waals surface area contributed by atoms with Gasteiger partial charge in [0.05, 0.1) is 11.1 Å². The number of hydrogen-bond acceptors (Lipinski definition) is 3. The Hall–Kier alpha value is -2.61. The molecule has 8 heteroatoms. The summed E-state index contributed by atoms with van der Waals surface area (Å²) in [5.74, 6) is 0.233. The van der Waals surface area contributed by atoms with Crippen LogP contribution < -0.4 is 10.9 Å². The number of nitrogens with one attached hydrogen (secondary N) is 2. The predicted octanol–water partition coefficient (Wildman–Crippen LogP) is 3.08. The Labute approximate surface area is 166 Å². The number of carbonyl (C=O) groups excluding carboxylic acids is 1. The number of aromatic nitrogens is 1. The molecule has 5 nitrogen and oxygen atoms in total. The minimum atomic E-state index is -4.29. The molecule has 156 valence electrons. The molecule has 0 spiro atoms. The highest BCUT2D eigenvalue weighted by Gasteiger charge is 2.30. The van der Waals surface area contributed by atoms with E-state index in [4.69, 9.17) is 0 Å². The van der Waals surface area contributed by atoms with E-state index in [2.05, 4.69) is 15.2 Å². The highest BCUT2D eigenvalue weighted by molar-refractivity contribution is 5.93. The number of H-pyrrole nitrogens is 1. The van der Waals surface area contributed by atoms with Crippen molar-refractivity contribution in [2.45, 2.75) is 25.4 Å². The highest BCUT2D eigenvalue weighted by atomic mass is 19.4. The molecule has 1 aliphatic rings. The molecule has 2 aromatic rings. The Morgan fingerprint density at radius 2 is 1.79 bits per heavy atom. The van der Waals surface area contributed by atoms with Crippen LogP contribution >= 0.6 is 0 Å². The molecule has 1 aromatic heterocycles. The first kappa shape index (κ1) is 21.1. The molecule has 1 aliphatic heterocycles. The van der Waals surface area contributed by atoms with Gasteiger partial charge in [-0.3, -0.25) is 9.59 Å². The zero-order chi connectivity index (χ0) is 20.9. The highest BCUT2D eigenvalue weighted by Crippen LogP contribution is 2.30. The van der Waals surface area contributed by atoms with Crippen molar-refractivity contribution < 1.29 is 18.0 Å². The lowest BCUT2D eigenvalue weighted by Crippen LogP contribution is -2.40. The molecule has 0 bridgehead atoms. The molecule has 0 atom stereocenters. The predicted molar refractivity (Wildman–Crippen MR) is 104 cm³/mol. The van der Waals surface area contributed by atoms with Crippen molar-refractivity contribution in [1.29, 1.82) is 0 Å². The number of rotatable bonds is 6. The van der Waals surface area contributed by atoms with Crippen molar-refractivity contribution >= 4 is 5.91 Å². The van der Waals surface area contributed by atoms with E-state index in [1.54, 1.807) is 12.1 Å². The van der Waals surface area contributed by atoms with Crippen molar-refractivity contribution in [2.75, 3.05) is 26.2 Å². The Kier molecular flexibility index (Phi) is 6.74. The number of benzene rings is 1. The second-order valence-electron chi connectivity index (χ2n) is 7.38. The molecule has 29 heavy (non-hydrogen) atoms. The van der Waals surface area contributed by atoms with Crippen molar-refractivity contribution in [3.05, 3.63) is 69.6 Å². The summed E-state index contributed by atoms with van der Waals surface area (Å²) >= 11 is 0. The summed E-state index contributed by atoms with van der Waals surface area (Å²) in [7, 11) is 0. The van der Waals surface area contributed by atoms with Crippen molar-refractivity contribution in [3.63, 3.8) is 0 Å². The molecule has 0 saturated carbocycles. The van der Waals surface area contributed by atoms with Crippen molar-refractivity contribution in [2.24, 2.45) is 5.92 Å². The van der Waals surface area contributed by atoms with Gasteiger partial charge >= 0.3 is 6.18 Å². The van der Waals surface area contributed by atoms with Gasteiger partial charge in [0, 0.05) is 25.4 Å². The molecular formula is C21H24F3N3O2. The topological polar surface area (TPSA) is 65.2 Å². The van der Waals surface area contributed by atoms with E-state index in [0.717, 1.165) is 56.6 Å². The van der Waals surface area contributed by atoms with E-state index < -0.39 is 11.7 Å².